The highest BCUT2D eigenvalue weighted by Gasteiger charge is 2.20. The Morgan fingerprint density at radius 3 is 2.68 bits per heavy atom. The third kappa shape index (κ3) is 2.81. The highest BCUT2D eigenvalue weighted by Crippen LogP contribution is 2.18. The number of fused-ring (bicyclic) bond motifs is 1. The van der Waals surface area contributed by atoms with Gasteiger partial charge in [0.25, 0.3) is 0 Å². The number of rotatable bonds is 3. The molecule has 1 fully saturated rings. The van der Waals surface area contributed by atoms with Crippen LogP contribution in [0, 0.1) is 13.8 Å². The van der Waals surface area contributed by atoms with Crippen LogP contribution in [0.5, 0.6) is 0 Å². The van der Waals surface area contributed by atoms with Crippen LogP contribution in [0.25, 0.3) is 5.65 Å². The van der Waals surface area contributed by atoms with Crippen LogP contribution in [0.15, 0.2) is 6.33 Å². The van der Waals surface area contributed by atoms with Crippen LogP contribution in [-0.4, -0.2) is 68.7 Å². The molecule has 7 heteroatoms. The van der Waals surface area contributed by atoms with E-state index in [9.17, 15) is 4.79 Å². The quantitative estimate of drug-likeness (QED) is 0.823. The fourth-order valence-electron chi connectivity index (χ4n) is 2.99. The van der Waals surface area contributed by atoms with Gasteiger partial charge in [-0.15, -0.1) is 10.2 Å². The molecule has 3 rings (SSSR count). The van der Waals surface area contributed by atoms with E-state index in [-0.39, 0.29) is 5.91 Å². The van der Waals surface area contributed by atoms with Crippen molar-refractivity contribution < 1.29 is 4.79 Å². The highest BCUT2D eigenvalue weighted by molar-refractivity contribution is 5.76. The summed E-state index contributed by atoms with van der Waals surface area (Å²) in [4.78, 5) is 16.6. The molecule has 3 heterocycles. The van der Waals surface area contributed by atoms with E-state index in [0.717, 1.165) is 48.6 Å². The van der Waals surface area contributed by atoms with Gasteiger partial charge in [-0.3, -0.25) is 4.79 Å². The largest absolute Gasteiger partial charge is 0.340 e. The number of aryl methyl sites for hydroxylation is 2. The molecule has 7 nitrogen and oxygen atoms in total. The molecule has 1 amide bonds. The van der Waals surface area contributed by atoms with E-state index in [0.29, 0.717) is 12.8 Å². The van der Waals surface area contributed by atoms with Crippen molar-refractivity contribution in [3.8, 4) is 0 Å². The van der Waals surface area contributed by atoms with Crippen molar-refractivity contribution in [2.75, 3.05) is 33.2 Å². The minimum atomic E-state index is 0.230. The lowest BCUT2D eigenvalue weighted by Crippen LogP contribution is -2.47. The summed E-state index contributed by atoms with van der Waals surface area (Å²) < 4.78 is 1.69. The Morgan fingerprint density at radius 2 is 1.95 bits per heavy atom. The molecule has 1 aliphatic rings. The first kappa shape index (κ1) is 14.9. The first-order valence-corrected chi connectivity index (χ1v) is 7.68. The van der Waals surface area contributed by atoms with E-state index in [4.69, 9.17) is 0 Å². The number of amides is 1. The van der Waals surface area contributed by atoms with Crippen molar-refractivity contribution in [2.45, 2.75) is 26.7 Å². The summed E-state index contributed by atoms with van der Waals surface area (Å²) in [6.45, 7) is 7.56. The summed E-state index contributed by atoms with van der Waals surface area (Å²) in [5.41, 5.74) is 3.89. The fraction of sp³-hybridized carbons (Fsp3) is 0.600. The molecule has 1 aliphatic heterocycles. The number of hydrogen-bond acceptors (Lipinski definition) is 5. The van der Waals surface area contributed by atoms with Gasteiger partial charge in [-0.2, -0.15) is 5.10 Å². The van der Waals surface area contributed by atoms with Crippen LogP contribution in [0.3, 0.4) is 0 Å². The summed E-state index contributed by atoms with van der Waals surface area (Å²) in [6.07, 6.45) is 2.84. The Balaban J connectivity index is 1.70. The van der Waals surface area contributed by atoms with Crippen molar-refractivity contribution >= 4 is 11.6 Å². The summed E-state index contributed by atoms with van der Waals surface area (Å²) >= 11 is 0. The van der Waals surface area contributed by atoms with E-state index in [2.05, 4.69) is 27.2 Å². The maximum atomic E-state index is 12.4. The van der Waals surface area contributed by atoms with Crippen LogP contribution < -0.4 is 0 Å². The predicted molar refractivity (Wildman–Crippen MR) is 82.7 cm³/mol. The number of hydrogen-bond donors (Lipinski definition) is 0. The lowest BCUT2D eigenvalue weighted by Gasteiger charge is -2.32. The minimum absolute atomic E-state index is 0.230. The number of carbonyl (C=O) groups excluding carboxylic acids is 1. The molecule has 0 bridgehead atoms. The molecule has 0 N–H and O–H groups in total. The minimum Gasteiger partial charge on any atom is -0.340 e. The molecular formula is C15H22N6O. The lowest BCUT2D eigenvalue weighted by molar-refractivity contribution is -0.132. The smallest absolute Gasteiger partial charge is 0.222 e. The molecule has 118 valence electrons. The summed E-state index contributed by atoms with van der Waals surface area (Å²) in [5.74, 6) is 0.230. The van der Waals surface area contributed by atoms with Crippen molar-refractivity contribution in [3.63, 3.8) is 0 Å². The van der Waals surface area contributed by atoms with Gasteiger partial charge in [0.2, 0.25) is 5.91 Å². The molecule has 2 aromatic heterocycles. The van der Waals surface area contributed by atoms with Crippen LogP contribution in [0.2, 0.25) is 0 Å². The molecule has 0 saturated carbocycles. The fourth-order valence-corrected chi connectivity index (χ4v) is 2.99. The van der Waals surface area contributed by atoms with Crippen molar-refractivity contribution in [3.05, 3.63) is 23.1 Å². The standard InChI is InChI=1S/C15H22N6O/c1-11-13(12(2)18-21-10-16-17-15(11)21)4-5-14(22)20-8-6-19(3)7-9-20/h10H,4-9H2,1-3H3. The van der Waals surface area contributed by atoms with E-state index in [1.807, 2.05) is 18.7 Å². The molecule has 0 spiro atoms. The van der Waals surface area contributed by atoms with Crippen LogP contribution in [0.1, 0.15) is 23.2 Å². The first-order valence-electron chi connectivity index (χ1n) is 7.68. The molecule has 0 atom stereocenters. The van der Waals surface area contributed by atoms with Crippen LogP contribution in [0.4, 0.5) is 0 Å². The van der Waals surface area contributed by atoms with Crippen LogP contribution in [-0.2, 0) is 11.2 Å². The molecular weight excluding hydrogens is 280 g/mol. The van der Waals surface area contributed by atoms with E-state index >= 15 is 0 Å². The molecule has 0 aliphatic carbocycles. The van der Waals surface area contributed by atoms with E-state index < -0.39 is 0 Å². The second-order valence-corrected chi connectivity index (χ2v) is 5.97. The average Bonchev–Trinajstić information content (AvgIpc) is 2.96. The molecule has 0 unspecified atom stereocenters. The Morgan fingerprint density at radius 1 is 1.23 bits per heavy atom. The Hall–Kier alpha value is -2.02. The molecule has 0 radical (unpaired) electrons. The number of nitrogens with zero attached hydrogens (tertiary/aromatic N) is 6. The van der Waals surface area contributed by atoms with Gasteiger partial charge in [-0.05, 0) is 32.9 Å². The summed E-state index contributed by atoms with van der Waals surface area (Å²) in [5, 5.41) is 12.4. The Bertz CT molecular complexity index is 687. The van der Waals surface area contributed by atoms with Crippen molar-refractivity contribution in [1.82, 2.24) is 29.6 Å². The predicted octanol–water partition coefficient (Wildman–Crippen LogP) is 0.448. The number of aromatic nitrogens is 4. The van der Waals surface area contributed by atoms with Gasteiger partial charge >= 0.3 is 0 Å². The van der Waals surface area contributed by atoms with E-state index in [1.165, 1.54) is 0 Å². The number of piperazine rings is 1. The monoisotopic (exact) mass is 302 g/mol. The zero-order chi connectivity index (χ0) is 15.7. The first-order chi connectivity index (χ1) is 10.6. The highest BCUT2D eigenvalue weighted by atomic mass is 16.2. The van der Waals surface area contributed by atoms with Gasteiger partial charge in [0.05, 0.1) is 5.69 Å². The second-order valence-electron chi connectivity index (χ2n) is 5.97. The summed E-state index contributed by atoms with van der Waals surface area (Å²) in [7, 11) is 2.09. The Kier molecular flexibility index (Phi) is 4.06. The topological polar surface area (TPSA) is 66.6 Å². The van der Waals surface area contributed by atoms with Crippen molar-refractivity contribution in [2.24, 2.45) is 0 Å². The van der Waals surface area contributed by atoms with Crippen LogP contribution >= 0.6 is 0 Å². The molecule has 22 heavy (non-hydrogen) atoms. The second kappa shape index (κ2) is 6.00. The van der Waals surface area contributed by atoms with Gasteiger partial charge in [0.15, 0.2) is 5.65 Å². The number of likely N-dealkylation sites (N-methyl/N-ethyl adjacent to an activating group) is 1. The zero-order valence-electron chi connectivity index (χ0n) is 13.4. The average molecular weight is 302 g/mol. The maximum Gasteiger partial charge on any atom is 0.222 e. The third-order valence-electron chi connectivity index (χ3n) is 4.46. The zero-order valence-corrected chi connectivity index (χ0v) is 13.4. The SMILES string of the molecule is Cc1nn2cnnc2c(C)c1CCC(=O)N1CCN(C)CC1. The van der Waals surface area contributed by atoms with Gasteiger partial charge in [-0.25, -0.2) is 4.52 Å². The molecule has 0 aromatic carbocycles. The van der Waals surface area contributed by atoms with Gasteiger partial charge in [-0.1, -0.05) is 0 Å². The molecule has 1 saturated heterocycles. The lowest BCUT2D eigenvalue weighted by atomic mass is 10.0. The maximum absolute atomic E-state index is 12.4. The van der Waals surface area contributed by atoms with Gasteiger partial charge in [0.1, 0.15) is 6.33 Å². The van der Waals surface area contributed by atoms with Crippen molar-refractivity contribution in [1.29, 1.82) is 0 Å². The van der Waals surface area contributed by atoms with E-state index in [1.54, 1.807) is 10.8 Å². The third-order valence-corrected chi connectivity index (χ3v) is 4.46. The Labute approximate surface area is 129 Å². The summed E-state index contributed by atoms with van der Waals surface area (Å²) in [6, 6.07) is 0. The van der Waals surface area contributed by atoms with Gasteiger partial charge < -0.3 is 9.80 Å². The normalized spacial score (nSPS) is 16.4. The van der Waals surface area contributed by atoms with Gasteiger partial charge in [0, 0.05) is 38.2 Å². The number of carbonyl (C=O) groups is 1. The molecule has 2 aromatic rings.